The van der Waals surface area contributed by atoms with Crippen LogP contribution in [-0.4, -0.2) is 15.9 Å². The largest absolute Gasteiger partial charge is 0.508 e. The highest BCUT2D eigenvalue weighted by Gasteiger charge is 2.24. The highest BCUT2D eigenvalue weighted by atomic mass is 35.5. The molecule has 0 radical (unpaired) electrons. The number of pyridine rings is 1. The molecule has 0 unspecified atom stereocenters. The van der Waals surface area contributed by atoms with Gasteiger partial charge in [0.15, 0.2) is 5.78 Å². The normalized spacial score (nSPS) is 15.2. The summed E-state index contributed by atoms with van der Waals surface area (Å²) in [7, 11) is 0. The lowest BCUT2D eigenvalue weighted by Gasteiger charge is -1.96. The lowest BCUT2D eigenvalue weighted by atomic mass is 10.1. The number of benzene rings is 1. The van der Waals surface area contributed by atoms with Crippen LogP contribution >= 0.6 is 12.4 Å². The molecule has 96 valence electrons. The first kappa shape index (κ1) is 13.3. The number of phenolic OH excluding ortho intramolecular Hbond substituents is 1. The maximum atomic E-state index is 12.2. The molecular formula is C15H12ClNO2. The van der Waals surface area contributed by atoms with E-state index in [1.54, 1.807) is 24.5 Å². The molecule has 1 heterocycles. The smallest absolute Gasteiger partial charge is 0.189 e. The van der Waals surface area contributed by atoms with Crippen molar-refractivity contribution in [1.29, 1.82) is 0 Å². The quantitative estimate of drug-likeness (QED) is 0.813. The zero-order chi connectivity index (χ0) is 12.5. The Balaban J connectivity index is 0.00000133. The van der Waals surface area contributed by atoms with Gasteiger partial charge in [0.25, 0.3) is 0 Å². The molecule has 0 bridgehead atoms. The number of rotatable bonds is 1. The van der Waals surface area contributed by atoms with Crippen LogP contribution in [0.25, 0.3) is 6.08 Å². The van der Waals surface area contributed by atoms with Gasteiger partial charge < -0.3 is 5.11 Å². The van der Waals surface area contributed by atoms with Crippen LogP contribution in [0.3, 0.4) is 0 Å². The van der Waals surface area contributed by atoms with Gasteiger partial charge >= 0.3 is 0 Å². The van der Waals surface area contributed by atoms with Crippen LogP contribution < -0.4 is 0 Å². The van der Waals surface area contributed by atoms with Crippen LogP contribution in [0.15, 0.2) is 48.3 Å². The van der Waals surface area contributed by atoms with Crippen molar-refractivity contribution in [3.05, 3.63) is 65.0 Å². The van der Waals surface area contributed by atoms with E-state index in [-0.39, 0.29) is 23.9 Å². The Kier molecular flexibility index (Phi) is 3.67. The number of aromatic nitrogens is 1. The number of fused-ring (bicyclic) bond motifs is 1. The zero-order valence-electron chi connectivity index (χ0n) is 10.0. The van der Waals surface area contributed by atoms with E-state index in [1.165, 1.54) is 6.07 Å². The van der Waals surface area contributed by atoms with Gasteiger partial charge in [-0.2, -0.15) is 0 Å². The number of Topliss-reactive ketones (excluding diaryl/α,β-unsaturated/α-hetero) is 1. The molecule has 19 heavy (non-hydrogen) atoms. The summed E-state index contributed by atoms with van der Waals surface area (Å²) in [6.45, 7) is 0. The third-order valence-electron chi connectivity index (χ3n) is 3.04. The number of phenols is 1. The fourth-order valence-corrected chi connectivity index (χ4v) is 2.17. The molecule has 0 aliphatic heterocycles. The molecule has 0 atom stereocenters. The van der Waals surface area contributed by atoms with Gasteiger partial charge in [-0.1, -0.05) is 12.1 Å². The van der Waals surface area contributed by atoms with E-state index in [2.05, 4.69) is 4.98 Å². The van der Waals surface area contributed by atoms with Gasteiger partial charge in [0.2, 0.25) is 0 Å². The lowest BCUT2D eigenvalue weighted by Crippen LogP contribution is -1.95. The minimum Gasteiger partial charge on any atom is -0.508 e. The topological polar surface area (TPSA) is 50.2 Å². The lowest BCUT2D eigenvalue weighted by molar-refractivity contribution is 0.104. The van der Waals surface area contributed by atoms with Crippen molar-refractivity contribution in [3.8, 4) is 5.75 Å². The van der Waals surface area contributed by atoms with Crippen molar-refractivity contribution in [1.82, 2.24) is 4.98 Å². The first-order chi connectivity index (χ1) is 8.74. The Hall–Kier alpha value is -2.13. The monoisotopic (exact) mass is 273 g/mol. The summed E-state index contributed by atoms with van der Waals surface area (Å²) in [6.07, 6.45) is 5.89. The summed E-state index contributed by atoms with van der Waals surface area (Å²) in [5.74, 6) is 0.120. The van der Waals surface area contributed by atoms with Gasteiger partial charge in [-0.15, -0.1) is 12.4 Å². The van der Waals surface area contributed by atoms with E-state index in [9.17, 15) is 9.90 Å². The third kappa shape index (κ3) is 2.51. The van der Waals surface area contributed by atoms with Crippen molar-refractivity contribution >= 4 is 24.3 Å². The van der Waals surface area contributed by atoms with Gasteiger partial charge in [-0.25, -0.2) is 0 Å². The summed E-state index contributed by atoms with van der Waals surface area (Å²) >= 11 is 0. The Labute approximate surface area is 117 Å². The van der Waals surface area contributed by atoms with Crippen LogP contribution in [-0.2, 0) is 6.42 Å². The molecule has 1 aliphatic carbocycles. The van der Waals surface area contributed by atoms with Crippen LogP contribution in [0.1, 0.15) is 21.5 Å². The Morgan fingerprint density at radius 3 is 2.84 bits per heavy atom. The number of allylic oxidation sites excluding steroid dienone is 1. The van der Waals surface area contributed by atoms with Crippen LogP contribution in [0.2, 0.25) is 0 Å². The number of hydrogen-bond acceptors (Lipinski definition) is 3. The minimum absolute atomic E-state index is 0. The fourth-order valence-electron chi connectivity index (χ4n) is 2.17. The number of hydrogen-bond donors (Lipinski definition) is 1. The summed E-state index contributed by atoms with van der Waals surface area (Å²) in [4.78, 5) is 16.2. The van der Waals surface area contributed by atoms with E-state index in [1.807, 2.05) is 18.2 Å². The third-order valence-corrected chi connectivity index (χ3v) is 3.04. The summed E-state index contributed by atoms with van der Waals surface area (Å²) in [6, 6.07) is 8.69. The zero-order valence-corrected chi connectivity index (χ0v) is 10.9. The predicted molar refractivity (Wildman–Crippen MR) is 75.6 cm³/mol. The van der Waals surface area contributed by atoms with Gasteiger partial charge in [0.05, 0.1) is 0 Å². The van der Waals surface area contributed by atoms with E-state index in [4.69, 9.17) is 0 Å². The molecule has 3 nitrogen and oxygen atoms in total. The molecule has 1 aromatic heterocycles. The van der Waals surface area contributed by atoms with Crippen molar-refractivity contribution in [2.24, 2.45) is 0 Å². The molecule has 0 amide bonds. The van der Waals surface area contributed by atoms with Gasteiger partial charge in [0.1, 0.15) is 5.75 Å². The van der Waals surface area contributed by atoms with Gasteiger partial charge in [0, 0.05) is 30.0 Å². The van der Waals surface area contributed by atoms with Crippen LogP contribution in [0.5, 0.6) is 5.75 Å². The van der Waals surface area contributed by atoms with Crippen molar-refractivity contribution in [2.75, 3.05) is 0 Å². The number of aromatic hydroxyl groups is 1. The molecule has 0 fully saturated rings. The molecule has 0 saturated carbocycles. The maximum absolute atomic E-state index is 12.2. The van der Waals surface area contributed by atoms with Crippen molar-refractivity contribution in [2.45, 2.75) is 6.42 Å². The van der Waals surface area contributed by atoms with E-state index >= 15 is 0 Å². The first-order valence-corrected chi connectivity index (χ1v) is 5.71. The minimum atomic E-state index is -0.00949. The second kappa shape index (κ2) is 5.24. The summed E-state index contributed by atoms with van der Waals surface area (Å²) in [5.41, 5.74) is 3.22. The summed E-state index contributed by atoms with van der Waals surface area (Å²) < 4.78 is 0. The number of nitrogens with zero attached hydrogens (tertiary/aromatic N) is 1. The predicted octanol–water partition coefficient (Wildman–Crippen LogP) is 3.03. The van der Waals surface area contributed by atoms with Crippen molar-refractivity contribution in [3.63, 3.8) is 0 Å². The van der Waals surface area contributed by atoms with E-state index in [0.717, 1.165) is 16.7 Å². The highest BCUT2D eigenvalue weighted by molar-refractivity contribution is 6.15. The molecule has 1 aliphatic rings. The standard InChI is InChI=1S/C15H11NO2.ClH/c17-13-4-3-11-7-12(15(18)14(11)8-13)6-10-2-1-5-16-9-10;/h1-6,8-9,17H,7H2;1H/b12-6+;. The molecule has 4 heteroatoms. The molecular weight excluding hydrogens is 262 g/mol. The van der Waals surface area contributed by atoms with Crippen LogP contribution in [0.4, 0.5) is 0 Å². The van der Waals surface area contributed by atoms with Gasteiger partial charge in [-0.3, -0.25) is 9.78 Å². The Morgan fingerprint density at radius 2 is 2.11 bits per heavy atom. The average Bonchev–Trinajstić information content (AvgIpc) is 2.68. The second-order valence-corrected chi connectivity index (χ2v) is 4.30. The fraction of sp³-hybridized carbons (Fsp3) is 0.0667. The van der Waals surface area contributed by atoms with E-state index < -0.39 is 0 Å². The number of carbonyl (C=O) groups is 1. The van der Waals surface area contributed by atoms with Crippen LogP contribution in [0, 0.1) is 0 Å². The number of halogens is 1. The molecule has 0 spiro atoms. The van der Waals surface area contributed by atoms with Gasteiger partial charge in [-0.05, 0) is 35.4 Å². The second-order valence-electron chi connectivity index (χ2n) is 4.30. The molecule has 2 aromatic rings. The van der Waals surface area contributed by atoms with Crippen molar-refractivity contribution < 1.29 is 9.90 Å². The molecule has 1 N–H and O–H groups in total. The average molecular weight is 274 g/mol. The molecule has 3 rings (SSSR count). The molecule has 1 aromatic carbocycles. The highest BCUT2D eigenvalue weighted by Crippen LogP contribution is 2.30. The Morgan fingerprint density at radius 1 is 1.26 bits per heavy atom. The number of ketones is 1. The first-order valence-electron chi connectivity index (χ1n) is 5.71. The molecule has 0 saturated heterocycles. The van der Waals surface area contributed by atoms with E-state index in [0.29, 0.717) is 12.0 Å². The summed E-state index contributed by atoms with van der Waals surface area (Å²) in [5, 5.41) is 9.41. The SMILES string of the molecule is Cl.O=C1/C(=C/c2cccnc2)Cc2ccc(O)cc21. The number of carbonyl (C=O) groups excluding carboxylic acids is 1. The maximum Gasteiger partial charge on any atom is 0.189 e. The Bertz CT molecular complexity index is 650.